The van der Waals surface area contributed by atoms with Crippen molar-refractivity contribution in [2.24, 2.45) is 0 Å². The van der Waals surface area contributed by atoms with Gasteiger partial charge in [0.1, 0.15) is 0 Å². The highest BCUT2D eigenvalue weighted by molar-refractivity contribution is 5.78. The monoisotopic (exact) mass is 717 g/mol. The summed E-state index contributed by atoms with van der Waals surface area (Å²) in [5.74, 6) is 3.36. The van der Waals surface area contributed by atoms with E-state index in [-0.39, 0.29) is 0 Å². The molecule has 2 heterocycles. The minimum atomic E-state index is 0.450. The Bertz CT molecular complexity index is 2780. The number of aromatic nitrogens is 6. The molecule has 9 aromatic rings. The number of para-hydroxylation sites is 1. The van der Waals surface area contributed by atoms with Crippen molar-refractivity contribution in [3.63, 3.8) is 0 Å². The van der Waals surface area contributed by atoms with Gasteiger partial charge in [0.2, 0.25) is 0 Å². The van der Waals surface area contributed by atoms with Crippen molar-refractivity contribution in [2.45, 2.75) is 0 Å². The van der Waals surface area contributed by atoms with E-state index in [0.717, 1.165) is 50.1 Å². The molecule has 262 valence electrons. The van der Waals surface area contributed by atoms with Crippen LogP contribution in [0.25, 0.3) is 95.4 Å². The van der Waals surface area contributed by atoms with Crippen LogP contribution in [0.3, 0.4) is 0 Å². The van der Waals surface area contributed by atoms with Gasteiger partial charge in [0.15, 0.2) is 40.6 Å². The first-order valence-electron chi connectivity index (χ1n) is 18.2. The highest BCUT2D eigenvalue weighted by Crippen LogP contribution is 2.33. The van der Waals surface area contributed by atoms with Crippen molar-refractivity contribution < 1.29 is 0 Å². The molecule has 7 aromatic carbocycles. The quantitative estimate of drug-likeness (QED) is 0.146. The summed E-state index contributed by atoms with van der Waals surface area (Å²) in [5, 5.41) is 0. The molecule has 2 aromatic heterocycles. The Morgan fingerprint density at radius 3 is 1.07 bits per heavy atom. The van der Waals surface area contributed by atoms with E-state index in [9.17, 15) is 0 Å². The molecule has 0 fully saturated rings. The van der Waals surface area contributed by atoms with Gasteiger partial charge in [-0.2, -0.15) is 0 Å². The van der Waals surface area contributed by atoms with Gasteiger partial charge < -0.3 is 0 Å². The second kappa shape index (κ2) is 15.2. The second-order valence-corrected chi connectivity index (χ2v) is 13.1. The summed E-state index contributed by atoms with van der Waals surface area (Å²) in [6.45, 7) is 7.79. The molecule has 7 nitrogen and oxygen atoms in total. The molecule has 0 aliphatic rings. The summed E-state index contributed by atoms with van der Waals surface area (Å²) in [4.78, 5) is 33.1. The summed E-state index contributed by atoms with van der Waals surface area (Å²) >= 11 is 0. The topological polar surface area (TPSA) is 81.7 Å². The molecule has 56 heavy (non-hydrogen) atoms. The lowest BCUT2D eigenvalue weighted by Gasteiger charge is -2.11. The molecule has 0 saturated carbocycles. The maximum absolute atomic E-state index is 7.79. The van der Waals surface area contributed by atoms with Crippen LogP contribution in [-0.4, -0.2) is 29.9 Å². The Balaban J connectivity index is 1.05. The fourth-order valence-electron chi connectivity index (χ4n) is 6.54. The van der Waals surface area contributed by atoms with Crippen molar-refractivity contribution in [3.8, 4) is 90.6 Å². The molecular weight excluding hydrogens is 687 g/mol. The molecule has 0 radical (unpaired) electrons. The molecule has 0 amide bonds. The summed E-state index contributed by atoms with van der Waals surface area (Å²) < 4.78 is 0. The highest BCUT2D eigenvalue weighted by Gasteiger charge is 2.16. The average molecular weight is 718 g/mol. The van der Waals surface area contributed by atoms with Crippen LogP contribution in [-0.2, 0) is 0 Å². The van der Waals surface area contributed by atoms with E-state index < -0.39 is 0 Å². The molecular formula is C49H31N7. The molecule has 0 aliphatic carbocycles. The molecule has 9 rings (SSSR count). The maximum atomic E-state index is 7.79. The fraction of sp³-hybridized carbons (Fsp3) is 0. The first-order chi connectivity index (χ1) is 27.7. The van der Waals surface area contributed by atoms with Crippen molar-refractivity contribution >= 4 is 5.69 Å². The summed E-state index contributed by atoms with van der Waals surface area (Å²) in [6.07, 6.45) is 0. The van der Waals surface area contributed by atoms with Gasteiger partial charge in [-0.15, -0.1) is 0 Å². The van der Waals surface area contributed by atoms with E-state index in [4.69, 9.17) is 36.5 Å². The molecule has 0 spiro atoms. The van der Waals surface area contributed by atoms with Gasteiger partial charge in [-0.3, -0.25) is 0 Å². The molecule has 0 N–H and O–H groups in total. The number of benzene rings is 7. The third kappa shape index (κ3) is 7.06. The average Bonchev–Trinajstić information content (AvgIpc) is 3.29. The Morgan fingerprint density at radius 2 is 0.589 bits per heavy atom. The van der Waals surface area contributed by atoms with Crippen molar-refractivity contribution in [3.05, 3.63) is 199 Å². The zero-order valence-electron chi connectivity index (χ0n) is 30.0. The van der Waals surface area contributed by atoms with Crippen LogP contribution in [0.15, 0.2) is 188 Å². The van der Waals surface area contributed by atoms with Gasteiger partial charge in [0, 0.05) is 33.4 Å². The molecule has 0 bridgehead atoms. The zero-order chi connectivity index (χ0) is 37.7. The lowest BCUT2D eigenvalue weighted by atomic mass is 10.0. The molecule has 0 saturated heterocycles. The maximum Gasteiger partial charge on any atom is 0.198 e. The lowest BCUT2D eigenvalue weighted by molar-refractivity contribution is 1.07. The van der Waals surface area contributed by atoms with Crippen LogP contribution in [0.4, 0.5) is 5.69 Å². The predicted molar refractivity (Wildman–Crippen MR) is 223 cm³/mol. The minimum Gasteiger partial charge on any atom is -0.237 e. The third-order valence-corrected chi connectivity index (χ3v) is 9.45. The number of nitrogens with zero attached hydrogens (tertiary/aromatic N) is 7. The van der Waals surface area contributed by atoms with Crippen molar-refractivity contribution in [2.75, 3.05) is 0 Å². The molecule has 0 aliphatic heterocycles. The van der Waals surface area contributed by atoms with E-state index in [1.807, 2.05) is 133 Å². The van der Waals surface area contributed by atoms with Crippen LogP contribution >= 0.6 is 0 Å². The van der Waals surface area contributed by atoms with Gasteiger partial charge in [-0.05, 0) is 28.3 Å². The summed E-state index contributed by atoms with van der Waals surface area (Å²) in [7, 11) is 0. The van der Waals surface area contributed by atoms with Gasteiger partial charge >= 0.3 is 0 Å². The smallest absolute Gasteiger partial charge is 0.198 e. The molecule has 0 atom stereocenters. The Hall–Kier alpha value is -7.95. The largest absolute Gasteiger partial charge is 0.237 e. The third-order valence-electron chi connectivity index (χ3n) is 9.45. The van der Waals surface area contributed by atoms with Gasteiger partial charge in [0.05, 0.1) is 6.57 Å². The van der Waals surface area contributed by atoms with Crippen LogP contribution in [0.1, 0.15) is 0 Å². The fourth-order valence-corrected chi connectivity index (χ4v) is 6.54. The van der Waals surface area contributed by atoms with Crippen molar-refractivity contribution in [1.82, 2.24) is 29.9 Å². The lowest BCUT2D eigenvalue weighted by Crippen LogP contribution is -2.00. The van der Waals surface area contributed by atoms with Crippen LogP contribution in [0, 0.1) is 6.57 Å². The Labute approximate surface area is 324 Å². The van der Waals surface area contributed by atoms with E-state index in [1.54, 1.807) is 6.07 Å². The van der Waals surface area contributed by atoms with Gasteiger partial charge in [-0.25, -0.2) is 34.7 Å². The Kier molecular flexibility index (Phi) is 9.18. The van der Waals surface area contributed by atoms with Crippen LogP contribution in [0.5, 0.6) is 0 Å². The predicted octanol–water partition coefficient (Wildman–Crippen LogP) is 11.9. The van der Waals surface area contributed by atoms with Crippen LogP contribution in [0.2, 0.25) is 0 Å². The van der Waals surface area contributed by atoms with E-state index in [0.29, 0.717) is 46.2 Å². The van der Waals surface area contributed by atoms with E-state index in [1.165, 1.54) is 0 Å². The summed E-state index contributed by atoms with van der Waals surface area (Å²) in [5.41, 5.74) is 9.84. The SMILES string of the molecule is [C-]#[N+]c1ccccc1-c1nc(-c2ccc(-c3ccc(-c4nc(-c5ccccc5)nc(-c5ccccc5)n4)cc3)cc2)nc(-c2cccc(-c3ccccc3)c2)n1. The van der Waals surface area contributed by atoms with Crippen molar-refractivity contribution in [1.29, 1.82) is 0 Å². The number of hydrogen-bond acceptors (Lipinski definition) is 6. The van der Waals surface area contributed by atoms with Gasteiger partial charge in [-0.1, -0.05) is 182 Å². The zero-order valence-corrected chi connectivity index (χ0v) is 30.0. The molecule has 7 heteroatoms. The summed E-state index contributed by atoms with van der Waals surface area (Å²) in [6, 6.07) is 62.2. The highest BCUT2D eigenvalue weighted by atomic mass is 15.0. The normalized spacial score (nSPS) is 10.8. The number of rotatable bonds is 8. The van der Waals surface area contributed by atoms with E-state index >= 15 is 0 Å². The Morgan fingerprint density at radius 1 is 0.268 bits per heavy atom. The van der Waals surface area contributed by atoms with Crippen LogP contribution < -0.4 is 0 Å². The van der Waals surface area contributed by atoms with Gasteiger partial charge in [0.25, 0.3) is 0 Å². The number of hydrogen-bond donors (Lipinski definition) is 0. The second-order valence-electron chi connectivity index (χ2n) is 13.1. The standard InChI is InChI=1S/C49H31N7/c1-50-43-23-12-11-22-42(43)49-55-47(54-48(56-49)41-21-13-20-40(32-41)33-14-5-2-6-15-33)39-30-26-35(27-31-39)34-24-28-38(29-25-34)46-52-44(36-16-7-3-8-17-36)51-45(53-46)37-18-9-4-10-19-37/h2-32H. The first kappa shape index (κ1) is 33.9. The molecule has 0 unspecified atom stereocenters. The first-order valence-corrected chi connectivity index (χ1v) is 18.2. The minimum absolute atomic E-state index is 0.450. The van der Waals surface area contributed by atoms with E-state index in [2.05, 4.69) is 53.4 Å².